The second kappa shape index (κ2) is 10.5. The van der Waals surface area contributed by atoms with Gasteiger partial charge in [-0.2, -0.15) is 35.5 Å². The lowest BCUT2D eigenvalue weighted by Gasteiger charge is -2.28. The second-order valence-electron chi connectivity index (χ2n) is 8.93. The fourth-order valence-electron chi connectivity index (χ4n) is 4.23. The molecule has 0 spiro atoms. The van der Waals surface area contributed by atoms with E-state index in [9.17, 15) is 43.5 Å². The number of aryl methyl sites for hydroxylation is 1. The molecule has 7 nitrogen and oxygen atoms in total. The first kappa shape index (κ1) is 29.2. The molecule has 0 unspecified atom stereocenters. The predicted octanol–water partition coefficient (Wildman–Crippen LogP) is 6.47. The highest BCUT2D eigenvalue weighted by Gasteiger charge is 2.34. The zero-order valence-corrected chi connectivity index (χ0v) is 21.8. The molecule has 1 aliphatic heterocycles. The summed E-state index contributed by atoms with van der Waals surface area (Å²) in [6.07, 6.45) is -3.92. The maximum Gasteiger partial charge on any atom is 0.416 e. The van der Waals surface area contributed by atoms with E-state index in [4.69, 9.17) is 9.47 Å². The van der Waals surface area contributed by atoms with Crippen molar-refractivity contribution < 1.29 is 57.2 Å². The minimum Gasteiger partial charge on any atom is -0.493 e. The van der Waals surface area contributed by atoms with E-state index in [0.717, 1.165) is 30.3 Å². The average Bonchev–Trinajstić information content (AvgIpc) is 3.38. The summed E-state index contributed by atoms with van der Waals surface area (Å²) in [5, 5.41) is 3.98. The van der Waals surface area contributed by atoms with Crippen LogP contribution in [0.4, 0.5) is 35.1 Å². The third kappa shape index (κ3) is 5.21. The Morgan fingerprint density at radius 2 is 1.60 bits per heavy atom. The maximum atomic E-state index is 14.0. The molecular formula is C26H16F8N2O5S. The van der Waals surface area contributed by atoms with Crippen LogP contribution >= 0.6 is 0 Å². The molecule has 0 saturated carbocycles. The van der Waals surface area contributed by atoms with Crippen LogP contribution < -0.4 is 13.7 Å². The SMILES string of the molecule is Cn1nccc1-c1cc(C(F)(F)F)ccc1O[C@@H]1CCOc2cc(S(=O)(=O)Oc3c(F)c(F)c(F)c(F)c3F)ccc21. The summed E-state index contributed by atoms with van der Waals surface area (Å²) in [5.74, 6) is -14.3. The number of hydrogen-bond acceptors (Lipinski definition) is 6. The largest absolute Gasteiger partial charge is 0.493 e. The van der Waals surface area contributed by atoms with E-state index in [-0.39, 0.29) is 35.7 Å². The van der Waals surface area contributed by atoms with Crippen LogP contribution in [0.15, 0.2) is 53.6 Å². The van der Waals surface area contributed by atoms with Crippen molar-refractivity contribution in [1.29, 1.82) is 0 Å². The number of fused-ring (bicyclic) bond motifs is 1. The van der Waals surface area contributed by atoms with Gasteiger partial charge in [0.1, 0.15) is 22.5 Å². The van der Waals surface area contributed by atoms with E-state index >= 15 is 0 Å². The Hall–Kier alpha value is -4.34. The van der Waals surface area contributed by atoms with Crippen LogP contribution in [0.2, 0.25) is 0 Å². The van der Waals surface area contributed by atoms with Gasteiger partial charge in [0.25, 0.3) is 0 Å². The van der Waals surface area contributed by atoms with Crippen molar-refractivity contribution in [1.82, 2.24) is 9.78 Å². The summed E-state index contributed by atoms with van der Waals surface area (Å²) >= 11 is 0. The van der Waals surface area contributed by atoms with Gasteiger partial charge in [-0.1, -0.05) is 6.07 Å². The molecule has 2 heterocycles. The molecule has 222 valence electrons. The summed E-state index contributed by atoms with van der Waals surface area (Å²) in [7, 11) is -3.62. The monoisotopic (exact) mass is 620 g/mol. The van der Waals surface area contributed by atoms with Gasteiger partial charge in [0, 0.05) is 36.9 Å². The first-order valence-corrected chi connectivity index (χ1v) is 13.2. The van der Waals surface area contributed by atoms with Gasteiger partial charge in [-0.3, -0.25) is 4.68 Å². The fraction of sp³-hybridized carbons (Fsp3) is 0.192. The highest BCUT2D eigenvalue weighted by Crippen LogP contribution is 2.42. The fourth-order valence-corrected chi connectivity index (χ4v) is 5.18. The van der Waals surface area contributed by atoms with Gasteiger partial charge in [-0.15, -0.1) is 0 Å². The number of alkyl halides is 3. The maximum absolute atomic E-state index is 14.0. The standard InChI is InChI=1S/C26H16F8N2O5S/c1-36-16(6-8-35-36)15-10-12(26(32,33)34)2-5-17(15)40-18-7-9-39-19-11-13(3-4-14(18)19)42(37,38)41-25-23(30)21(28)20(27)22(29)24(25)31/h2-6,8,10-11,18H,7,9H2,1H3/t18-/m1/s1. The van der Waals surface area contributed by atoms with Crippen molar-refractivity contribution in [3.8, 4) is 28.5 Å². The molecule has 1 atom stereocenters. The Morgan fingerprint density at radius 3 is 2.21 bits per heavy atom. The summed E-state index contributed by atoms with van der Waals surface area (Å²) in [4.78, 5) is -0.754. The molecule has 16 heteroatoms. The van der Waals surface area contributed by atoms with Crippen LogP contribution in [-0.4, -0.2) is 24.8 Å². The molecular weight excluding hydrogens is 604 g/mol. The first-order valence-electron chi connectivity index (χ1n) is 11.8. The van der Waals surface area contributed by atoms with Crippen LogP contribution in [0.5, 0.6) is 17.2 Å². The third-order valence-electron chi connectivity index (χ3n) is 6.29. The highest BCUT2D eigenvalue weighted by atomic mass is 32.2. The van der Waals surface area contributed by atoms with E-state index in [1.54, 1.807) is 0 Å². The topological polar surface area (TPSA) is 79.7 Å². The molecule has 5 rings (SSSR count). The van der Waals surface area contributed by atoms with Crippen LogP contribution in [0.1, 0.15) is 23.7 Å². The highest BCUT2D eigenvalue weighted by molar-refractivity contribution is 7.87. The van der Waals surface area contributed by atoms with Gasteiger partial charge >= 0.3 is 16.3 Å². The predicted molar refractivity (Wildman–Crippen MR) is 128 cm³/mol. The minimum atomic E-state index is -5.15. The van der Waals surface area contributed by atoms with Crippen LogP contribution in [-0.2, 0) is 23.3 Å². The van der Waals surface area contributed by atoms with E-state index in [1.807, 2.05) is 0 Å². The zero-order chi connectivity index (χ0) is 30.6. The average molecular weight is 620 g/mol. The first-order chi connectivity index (χ1) is 19.7. The second-order valence-corrected chi connectivity index (χ2v) is 10.5. The Balaban J connectivity index is 1.48. The number of benzene rings is 3. The molecule has 0 aliphatic carbocycles. The Bertz CT molecular complexity index is 1780. The van der Waals surface area contributed by atoms with Crippen molar-refractivity contribution in [3.63, 3.8) is 0 Å². The number of ether oxygens (including phenoxy) is 2. The summed E-state index contributed by atoms with van der Waals surface area (Å²) < 4.78 is 151. The van der Waals surface area contributed by atoms with Gasteiger partial charge in [-0.05, 0) is 30.3 Å². The lowest BCUT2D eigenvalue weighted by Crippen LogP contribution is -2.20. The van der Waals surface area contributed by atoms with E-state index in [0.29, 0.717) is 5.69 Å². The van der Waals surface area contributed by atoms with E-state index in [2.05, 4.69) is 9.28 Å². The van der Waals surface area contributed by atoms with Crippen LogP contribution in [0, 0.1) is 29.1 Å². The molecule has 0 fully saturated rings. The molecule has 0 saturated heterocycles. The Labute approximate surface area is 232 Å². The van der Waals surface area contributed by atoms with Crippen LogP contribution in [0.3, 0.4) is 0 Å². The number of nitrogens with zero attached hydrogens (tertiary/aromatic N) is 2. The summed E-state index contributed by atoms with van der Waals surface area (Å²) in [5.41, 5.74) is -0.280. The van der Waals surface area contributed by atoms with Gasteiger partial charge in [-0.25, -0.2) is 13.2 Å². The molecule has 4 aromatic rings. The van der Waals surface area contributed by atoms with Crippen molar-refractivity contribution >= 4 is 10.1 Å². The molecule has 0 amide bonds. The Kier molecular flexibility index (Phi) is 7.28. The molecule has 1 aromatic heterocycles. The third-order valence-corrected chi connectivity index (χ3v) is 7.51. The molecule has 0 radical (unpaired) electrons. The van der Waals surface area contributed by atoms with E-state index < -0.39 is 67.7 Å². The smallest absolute Gasteiger partial charge is 0.416 e. The molecule has 0 bridgehead atoms. The lowest BCUT2D eigenvalue weighted by atomic mass is 10.0. The minimum absolute atomic E-state index is 0.0403. The molecule has 1 aliphatic rings. The number of aromatic nitrogens is 2. The van der Waals surface area contributed by atoms with Gasteiger partial charge < -0.3 is 13.7 Å². The zero-order valence-electron chi connectivity index (χ0n) is 21.0. The summed E-state index contributed by atoms with van der Waals surface area (Å²) in [6, 6.07) is 7.36. The summed E-state index contributed by atoms with van der Waals surface area (Å²) in [6.45, 7) is -0.0403. The van der Waals surface area contributed by atoms with Crippen molar-refractivity contribution in [2.45, 2.75) is 23.6 Å². The van der Waals surface area contributed by atoms with Gasteiger partial charge in [0.05, 0.1) is 17.9 Å². The molecule has 3 aromatic carbocycles. The van der Waals surface area contributed by atoms with Crippen molar-refractivity contribution in [3.05, 3.63) is 88.9 Å². The molecule has 0 N–H and O–H groups in total. The van der Waals surface area contributed by atoms with Gasteiger partial charge in [0.2, 0.25) is 34.8 Å². The van der Waals surface area contributed by atoms with Crippen molar-refractivity contribution in [2.75, 3.05) is 6.61 Å². The Morgan fingerprint density at radius 1 is 0.929 bits per heavy atom. The lowest BCUT2D eigenvalue weighted by molar-refractivity contribution is -0.137. The number of rotatable bonds is 6. The number of halogens is 8. The normalized spacial score (nSPS) is 15.2. The molecule has 42 heavy (non-hydrogen) atoms. The van der Waals surface area contributed by atoms with E-state index in [1.165, 1.54) is 30.1 Å². The van der Waals surface area contributed by atoms with Crippen molar-refractivity contribution in [2.24, 2.45) is 7.05 Å². The number of hydrogen-bond donors (Lipinski definition) is 0. The quantitative estimate of drug-likeness (QED) is 0.106. The van der Waals surface area contributed by atoms with Crippen LogP contribution in [0.25, 0.3) is 11.3 Å². The van der Waals surface area contributed by atoms with Gasteiger partial charge in [0.15, 0.2) is 0 Å².